The zero-order valence-corrected chi connectivity index (χ0v) is 38.0. The summed E-state index contributed by atoms with van der Waals surface area (Å²) in [6.45, 7) is 4.60. The Hall–Kier alpha value is -7.42. The van der Waals surface area contributed by atoms with Gasteiger partial charge in [-0.3, -0.25) is 0 Å². The SMILES string of the molecule is CC(c1ccccc1)N(C(C)c1ccccc1)p1oc2c(C(c3ccccc3)c3ccccc3)cc3ccccc3c2c2c(o1)c(C(c1ccccc1)c1ccccc1)cc1ccccc12. The van der Waals surface area contributed by atoms with Gasteiger partial charge in [-0.1, -0.05) is 231 Å². The molecular weight excluding hydrogens is 822 g/mol. The van der Waals surface area contributed by atoms with Crippen molar-refractivity contribution < 1.29 is 8.39 Å². The summed E-state index contributed by atoms with van der Waals surface area (Å²) in [7, 11) is -1.90. The molecule has 11 aromatic rings. The van der Waals surface area contributed by atoms with E-state index < -0.39 is 8.16 Å². The lowest BCUT2D eigenvalue weighted by atomic mass is 9.81. The van der Waals surface area contributed by atoms with Gasteiger partial charge in [0.2, 0.25) is 0 Å². The first-order chi connectivity index (χ1) is 32.6. The molecule has 0 aliphatic rings. The van der Waals surface area contributed by atoms with Crippen LogP contribution in [0.1, 0.15) is 82.3 Å². The van der Waals surface area contributed by atoms with E-state index in [1.807, 2.05) is 0 Å². The molecule has 10 aromatic carbocycles. The highest BCUT2D eigenvalue weighted by Crippen LogP contribution is 2.52. The maximum absolute atomic E-state index is 8.01. The molecule has 0 saturated heterocycles. The largest absolute Gasteiger partial charge is 0.407 e. The third-order valence-electron chi connectivity index (χ3n) is 13.3. The smallest absolute Gasteiger partial charge is 0.310 e. The summed E-state index contributed by atoms with van der Waals surface area (Å²) in [5.41, 5.74) is 11.0. The number of nitrogens with zero attached hydrogens (tertiary/aromatic N) is 1. The Bertz CT molecular complexity index is 3140. The molecular formula is C62H50NO2P. The van der Waals surface area contributed by atoms with Crippen molar-refractivity contribution in [2.24, 2.45) is 0 Å². The Balaban J connectivity index is 1.38. The molecule has 2 atom stereocenters. The quantitative estimate of drug-likeness (QED) is 0.121. The van der Waals surface area contributed by atoms with Crippen molar-refractivity contribution in [1.29, 1.82) is 0 Å². The molecule has 0 aliphatic carbocycles. The third-order valence-corrected chi connectivity index (χ3v) is 15.1. The lowest BCUT2D eigenvalue weighted by molar-refractivity contribution is 0.556. The van der Waals surface area contributed by atoms with Crippen LogP contribution in [0.15, 0.2) is 251 Å². The van der Waals surface area contributed by atoms with E-state index in [0.29, 0.717) is 0 Å². The molecule has 4 heteroatoms. The van der Waals surface area contributed by atoms with Crippen LogP contribution < -0.4 is 4.67 Å². The van der Waals surface area contributed by atoms with Crippen molar-refractivity contribution in [3.05, 3.63) is 287 Å². The fraction of sp³-hybridized carbons (Fsp3) is 0.0968. The van der Waals surface area contributed by atoms with Crippen LogP contribution in [-0.2, 0) is 0 Å². The molecule has 66 heavy (non-hydrogen) atoms. The number of fused-ring (bicyclic) bond motifs is 7. The summed E-state index contributed by atoms with van der Waals surface area (Å²) in [6.07, 6.45) is 0. The molecule has 1 heterocycles. The first-order valence-electron chi connectivity index (χ1n) is 23.0. The Labute approximate surface area is 387 Å². The van der Waals surface area contributed by atoms with E-state index in [2.05, 4.69) is 261 Å². The predicted molar refractivity (Wildman–Crippen MR) is 277 cm³/mol. The van der Waals surface area contributed by atoms with E-state index in [1.54, 1.807) is 0 Å². The monoisotopic (exact) mass is 871 g/mol. The van der Waals surface area contributed by atoms with Crippen LogP contribution in [0.3, 0.4) is 0 Å². The van der Waals surface area contributed by atoms with E-state index >= 15 is 0 Å². The van der Waals surface area contributed by atoms with Crippen molar-refractivity contribution in [3.63, 3.8) is 0 Å². The molecule has 0 fully saturated rings. The molecule has 11 rings (SSSR count). The van der Waals surface area contributed by atoms with Gasteiger partial charge in [0.25, 0.3) is 0 Å². The lowest BCUT2D eigenvalue weighted by Gasteiger charge is -2.32. The molecule has 0 amide bonds. The highest BCUT2D eigenvalue weighted by molar-refractivity contribution is 7.39. The first kappa shape index (κ1) is 41.3. The summed E-state index contributed by atoms with van der Waals surface area (Å²) in [6, 6.07) is 87.5. The van der Waals surface area contributed by atoms with Crippen molar-refractivity contribution in [1.82, 2.24) is 0 Å². The maximum Gasteiger partial charge on any atom is 0.310 e. The van der Waals surface area contributed by atoms with E-state index in [0.717, 1.165) is 54.6 Å². The highest BCUT2D eigenvalue weighted by Gasteiger charge is 2.32. The Morgan fingerprint density at radius 2 is 0.606 bits per heavy atom. The average Bonchev–Trinajstić information content (AvgIpc) is 3.57. The van der Waals surface area contributed by atoms with E-state index in [9.17, 15) is 0 Å². The average molecular weight is 872 g/mol. The molecule has 2 unspecified atom stereocenters. The fourth-order valence-corrected chi connectivity index (χ4v) is 11.9. The minimum absolute atomic E-state index is 0.0941. The van der Waals surface area contributed by atoms with Gasteiger partial charge >= 0.3 is 8.16 Å². The van der Waals surface area contributed by atoms with E-state index in [4.69, 9.17) is 8.39 Å². The standard InChI is InChI=1S/C62H50NO2P/c1-43(45-25-9-3-10-26-45)63(44(2)46-27-11-4-12-28-46)66-64-61-55(57(47-29-13-5-14-30-47)48-31-15-6-16-32-48)41-51-37-21-23-39-53(51)59(61)60-54-40-24-22-38-52(54)42-56(62(60)65-66)58(49-33-17-7-18-34-49)50-35-19-8-20-36-50/h3-44,57-58H,1-2H3. The second-order valence-electron chi connectivity index (χ2n) is 17.3. The Morgan fingerprint density at radius 1 is 0.333 bits per heavy atom. The van der Waals surface area contributed by atoms with Crippen LogP contribution in [0.4, 0.5) is 0 Å². The van der Waals surface area contributed by atoms with Gasteiger partial charge in [0, 0.05) is 45.8 Å². The zero-order chi connectivity index (χ0) is 44.4. The molecule has 0 aliphatic heterocycles. The Kier molecular flexibility index (Phi) is 11.4. The number of rotatable bonds is 11. The predicted octanol–water partition coefficient (Wildman–Crippen LogP) is 17.4. The van der Waals surface area contributed by atoms with Crippen molar-refractivity contribution in [2.75, 3.05) is 4.67 Å². The van der Waals surface area contributed by atoms with Gasteiger partial charge in [-0.2, -0.15) is 4.67 Å². The number of hydrogen-bond donors (Lipinski definition) is 0. The molecule has 0 radical (unpaired) electrons. The normalized spacial score (nSPS) is 12.7. The van der Waals surface area contributed by atoms with E-state index in [-0.39, 0.29) is 23.9 Å². The molecule has 3 nitrogen and oxygen atoms in total. The number of hydrogen-bond acceptors (Lipinski definition) is 3. The lowest BCUT2D eigenvalue weighted by Crippen LogP contribution is -2.27. The summed E-state index contributed by atoms with van der Waals surface area (Å²) in [5, 5.41) is 6.64. The molecule has 1 aromatic heterocycles. The van der Waals surface area contributed by atoms with Gasteiger partial charge in [0.1, 0.15) is 11.2 Å². The minimum Gasteiger partial charge on any atom is -0.407 e. The summed E-state index contributed by atoms with van der Waals surface area (Å²) >= 11 is 0. The summed E-state index contributed by atoms with van der Waals surface area (Å²) < 4.78 is 18.5. The summed E-state index contributed by atoms with van der Waals surface area (Å²) in [4.78, 5) is 0. The van der Waals surface area contributed by atoms with E-state index in [1.165, 1.54) is 33.4 Å². The van der Waals surface area contributed by atoms with Gasteiger partial charge in [-0.05, 0) is 80.9 Å². The molecule has 320 valence electrons. The summed E-state index contributed by atoms with van der Waals surface area (Å²) in [5.74, 6) is -0.293. The van der Waals surface area contributed by atoms with Crippen LogP contribution in [0.25, 0.3) is 43.5 Å². The van der Waals surface area contributed by atoms with Crippen LogP contribution in [-0.4, -0.2) is 0 Å². The molecule has 0 N–H and O–H groups in total. The van der Waals surface area contributed by atoms with Gasteiger partial charge in [-0.25, -0.2) is 0 Å². The van der Waals surface area contributed by atoms with Crippen molar-refractivity contribution in [2.45, 2.75) is 37.8 Å². The molecule has 0 saturated carbocycles. The van der Waals surface area contributed by atoms with Crippen LogP contribution >= 0.6 is 8.16 Å². The van der Waals surface area contributed by atoms with Crippen molar-refractivity contribution in [3.8, 4) is 0 Å². The van der Waals surface area contributed by atoms with Crippen LogP contribution in [0, 0.1) is 0 Å². The highest BCUT2D eigenvalue weighted by atomic mass is 31.1. The Morgan fingerprint density at radius 3 is 0.924 bits per heavy atom. The zero-order valence-electron chi connectivity index (χ0n) is 37.1. The molecule has 0 bridgehead atoms. The minimum atomic E-state index is -1.90. The fourth-order valence-electron chi connectivity index (χ4n) is 10.2. The van der Waals surface area contributed by atoms with Gasteiger partial charge in [0.15, 0.2) is 0 Å². The first-order valence-corrected chi connectivity index (χ1v) is 24.1. The molecule has 0 spiro atoms. The van der Waals surface area contributed by atoms with Gasteiger partial charge < -0.3 is 8.39 Å². The second kappa shape index (κ2) is 18.2. The van der Waals surface area contributed by atoms with Crippen LogP contribution in [0.2, 0.25) is 0 Å². The van der Waals surface area contributed by atoms with Gasteiger partial charge in [0.05, 0.1) is 0 Å². The third kappa shape index (κ3) is 7.71. The van der Waals surface area contributed by atoms with Crippen LogP contribution in [0.5, 0.6) is 0 Å². The van der Waals surface area contributed by atoms with Gasteiger partial charge in [-0.15, -0.1) is 0 Å². The topological polar surface area (TPSA) is 29.5 Å². The second-order valence-corrected chi connectivity index (χ2v) is 18.6. The number of benzene rings is 10. The maximum atomic E-state index is 8.01. The van der Waals surface area contributed by atoms with Crippen molar-refractivity contribution >= 4 is 51.6 Å².